The van der Waals surface area contributed by atoms with Crippen LogP contribution in [-0.4, -0.2) is 41.7 Å². The number of nitrogens with zero attached hydrogens (tertiary/aromatic N) is 4. The monoisotopic (exact) mass is 388 g/mol. The van der Waals surface area contributed by atoms with Gasteiger partial charge in [0.25, 0.3) is 5.91 Å². The van der Waals surface area contributed by atoms with Crippen molar-refractivity contribution in [1.82, 2.24) is 15.0 Å². The molecule has 1 heterocycles. The highest BCUT2D eigenvalue weighted by molar-refractivity contribution is 6.05. The Kier molecular flexibility index (Phi) is 5.53. The van der Waals surface area contributed by atoms with E-state index < -0.39 is 6.61 Å². The number of hydrogen-bond donors (Lipinski definition) is 0. The van der Waals surface area contributed by atoms with E-state index in [0.29, 0.717) is 22.8 Å². The Morgan fingerprint density at radius 1 is 1.14 bits per heavy atom. The topological polar surface area (TPSA) is 69.5 Å². The molecule has 0 aliphatic heterocycles. The summed E-state index contributed by atoms with van der Waals surface area (Å²) in [6.45, 7) is -1.19. The zero-order chi connectivity index (χ0) is 20.3. The lowest BCUT2D eigenvalue weighted by molar-refractivity contribution is -0.0498. The molecule has 2 aromatic carbocycles. The summed E-state index contributed by atoms with van der Waals surface area (Å²) in [5.74, 6) is 0.229. The third-order valence-electron chi connectivity index (χ3n) is 4.15. The summed E-state index contributed by atoms with van der Waals surface area (Å²) in [7, 11) is 3.15. The molecule has 0 fully saturated rings. The number of carbonyl (C=O) groups excluding carboxylic acids is 1. The molecule has 9 heteroatoms. The van der Waals surface area contributed by atoms with Gasteiger partial charge in [0, 0.05) is 7.05 Å². The zero-order valence-electron chi connectivity index (χ0n) is 15.5. The standard InChI is InChI=1S/C19H18F2N4O3/c1-12-17(18(26)24(2)15-6-4-5-7-16(15)27-3)22-23-25(12)13-8-10-14(11-9-13)28-19(20)21/h4-11,19H,1-3H3. The second-order valence-electron chi connectivity index (χ2n) is 5.84. The SMILES string of the molecule is COc1ccccc1N(C)C(=O)c1nnn(-c2ccc(OC(F)F)cc2)c1C. The van der Waals surface area contributed by atoms with Gasteiger partial charge in [0.2, 0.25) is 0 Å². The van der Waals surface area contributed by atoms with Crippen molar-refractivity contribution in [2.45, 2.75) is 13.5 Å². The molecule has 0 aliphatic carbocycles. The molecule has 3 aromatic rings. The van der Waals surface area contributed by atoms with Gasteiger partial charge in [0.05, 0.1) is 24.2 Å². The van der Waals surface area contributed by atoms with Gasteiger partial charge in [-0.25, -0.2) is 4.68 Å². The van der Waals surface area contributed by atoms with Gasteiger partial charge in [0.1, 0.15) is 11.5 Å². The molecule has 7 nitrogen and oxygen atoms in total. The van der Waals surface area contributed by atoms with E-state index in [1.54, 1.807) is 44.3 Å². The van der Waals surface area contributed by atoms with Crippen LogP contribution in [0.5, 0.6) is 11.5 Å². The summed E-state index contributed by atoms with van der Waals surface area (Å²) in [4.78, 5) is 14.3. The van der Waals surface area contributed by atoms with E-state index in [4.69, 9.17) is 4.74 Å². The molecular formula is C19H18F2N4O3. The number of para-hydroxylation sites is 2. The van der Waals surface area contributed by atoms with Crippen molar-refractivity contribution in [3.05, 3.63) is 59.9 Å². The summed E-state index contributed by atoms with van der Waals surface area (Å²) < 4.78 is 35.6. The van der Waals surface area contributed by atoms with Gasteiger partial charge in [0.15, 0.2) is 5.69 Å². The van der Waals surface area contributed by atoms with Crippen molar-refractivity contribution in [3.8, 4) is 17.2 Å². The summed E-state index contributed by atoms with van der Waals surface area (Å²) >= 11 is 0. The molecule has 0 unspecified atom stereocenters. The van der Waals surface area contributed by atoms with Crippen LogP contribution in [0.1, 0.15) is 16.2 Å². The minimum atomic E-state index is -2.89. The Morgan fingerprint density at radius 3 is 2.46 bits per heavy atom. The Hall–Kier alpha value is -3.49. The van der Waals surface area contributed by atoms with Crippen molar-refractivity contribution in [2.24, 2.45) is 0 Å². The van der Waals surface area contributed by atoms with Gasteiger partial charge < -0.3 is 14.4 Å². The van der Waals surface area contributed by atoms with Crippen LogP contribution in [0.4, 0.5) is 14.5 Å². The van der Waals surface area contributed by atoms with Crippen LogP contribution in [0.2, 0.25) is 0 Å². The lowest BCUT2D eigenvalue weighted by Crippen LogP contribution is -2.27. The molecule has 0 aliphatic rings. The number of hydrogen-bond acceptors (Lipinski definition) is 5. The van der Waals surface area contributed by atoms with E-state index in [9.17, 15) is 13.6 Å². The van der Waals surface area contributed by atoms with E-state index in [0.717, 1.165) is 0 Å². The maximum Gasteiger partial charge on any atom is 0.387 e. The number of aromatic nitrogens is 3. The van der Waals surface area contributed by atoms with Crippen molar-refractivity contribution < 1.29 is 23.0 Å². The summed E-state index contributed by atoms with van der Waals surface area (Å²) in [5, 5.41) is 8.01. The molecule has 0 radical (unpaired) electrons. The van der Waals surface area contributed by atoms with Crippen LogP contribution < -0.4 is 14.4 Å². The molecule has 0 atom stereocenters. The number of amides is 1. The van der Waals surface area contributed by atoms with Gasteiger partial charge in [-0.1, -0.05) is 17.3 Å². The van der Waals surface area contributed by atoms with E-state index >= 15 is 0 Å². The Balaban J connectivity index is 1.87. The average Bonchev–Trinajstić information content (AvgIpc) is 3.08. The predicted molar refractivity (Wildman–Crippen MR) is 98.5 cm³/mol. The van der Waals surface area contributed by atoms with Crippen LogP contribution >= 0.6 is 0 Å². The number of methoxy groups -OCH3 is 1. The fourth-order valence-corrected chi connectivity index (χ4v) is 2.72. The first-order valence-electron chi connectivity index (χ1n) is 8.31. The molecule has 28 heavy (non-hydrogen) atoms. The first-order chi connectivity index (χ1) is 13.4. The molecule has 0 N–H and O–H groups in total. The first kappa shape index (κ1) is 19.3. The van der Waals surface area contributed by atoms with Crippen molar-refractivity contribution in [3.63, 3.8) is 0 Å². The van der Waals surface area contributed by atoms with Crippen LogP contribution in [0.25, 0.3) is 5.69 Å². The van der Waals surface area contributed by atoms with Crippen LogP contribution in [0.3, 0.4) is 0 Å². The molecule has 1 aromatic heterocycles. The minimum Gasteiger partial charge on any atom is -0.495 e. The van der Waals surface area contributed by atoms with Gasteiger partial charge in [-0.3, -0.25) is 4.79 Å². The van der Waals surface area contributed by atoms with Crippen molar-refractivity contribution >= 4 is 11.6 Å². The van der Waals surface area contributed by atoms with Crippen molar-refractivity contribution in [2.75, 3.05) is 19.1 Å². The van der Waals surface area contributed by atoms with Gasteiger partial charge >= 0.3 is 6.61 Å². The maximum atomic E-state index is 12.9. The number of rotatable bonds is 6. The third-order valence-corrected chi connectivity index (χ3v) is 4.15. The lowest BCUT2D eigenvalue weighted by atomic mass is 10.2. The molecule has 0 bridgehead atoms. The van der Waals surface area contributed by atoms with Gasteiger partial charge in [-0.2, -0.15) is 8.78 Å². The molecule has 0 saturated carbocycles. The largest absolute Gasteiger partial charge is 0.495 e. The number of ether oxygens (including phenoxy) is 2. The number of halogens is 2. The minimum absolute atomic E-state index is 0.0312. The molecule has 0 spiro atoms. The highest BCUT2D eigenvalue weighted by Crippen LogP contribution is 2.28. The molecule has 0 saturated heterocycles. The third kappa shape index (κ3) is 3.78. The average molecular weight is 388 g/mol. The number of benzene rings is 2. The lowest BCUT2D eigenvalue weighted by Gasteiger charge is -2.19. The van der Waals surface area contributed by atoms with Crippen LogP contribution in [0, 0.1) is 6.92 Å². The summed E-state index contributed by atoms with van der Waals surface area (Å²) in [6.07, 6.45) is 0. The molecule has 146 valence electrons. The fraction of sp³-hybridized carbons (Fsp3) is 0.211. The molecule has 1 amide bonds. The highest BCUT2D eigenvalue weighted by Gasteiger charge is 2.23. The Labute approximate surface area is 160 Å². The van der Waals surface area contributed by atoms with Gasteiger partial charge in [-0.05, 0) is 43.3 Å². The van der Waals surface area contributed by atoms with Gasteiger partial charge in [-0.15, -0.1) is 5.10 Å². The predicted octanol–water partition coefficient (Wildman–Crippen LogP) is 3.46. The van der Waals surface area contributed by atoms with E-state index in [2.05, 4.69) is 15.0 Å². The zero-order valence-corrected chi connectivity index (χ0v) is 15.5. The Morgan fingerprint density at radius 2 is 1.82 bits per heavy atom. The van der Waals surface area contributed by atoms with E-state index in [1.165, 1.54) is 28.8 Å². The van der Waals surface area contributed by atoms with E-state index in [1.807, 2.05) is 6.07 Å². The summed E-state index contributed by atoms with van der Waals surface area (Å²) in [5.41, 5.74) is 1.83. The molecular weight excluding hydrogens is 370 g/mol. The fourth-order valence-electron chi connectivity index (χ4n) is 2.72. The second kappa shape index (κ2) is 8.03. The molecule has 3 rings (SSSR count). The van der Waals surface area contributed by atoms with Crippen molar-refractivity contribution in [1.29, 1.82) is 0 Å². The maximum absolute atomic E-state index is 12.9. The van der Waals surface area contributed by atoms with Crippen LogP contribution in [0.15, 0.2) is 48.5 Å². The number of alkyl halides is 2. The number of anilines is 1. The quantitative estimate of drug-likeness (QED) is 0.647. The van der Waals surface area contributed by atoms with E-state index in [-0.39, 0.29) is 17.4 Å². The summed E-state index contributed by atoms with van der Waals surface area (Å²) in [6, 6.07) is 13.0. The number of carbonyl (C=O) groups is 1. The van der Waals surface area contributed by atoms with Crippen LogP contribution in [-0.2, 0) is 0 Å². The second-order valence-corrected chi connectivity index (χ2v) is 5.84. The Bertz CT molecular complexity index is 974. The highest BCUT2D eigenvalue weighted by atomic mass is 19.3. The normalized spacial score (nSPS) is 10.8. The smallest absolute Gasteiger partial charge is 0.387 e. The first-order valence-corrected chi connectivity index (χ1v) is 8.31.